The van der Waals surface area contributed by atoms with Crippen LogP contribution in [0.4, 0.5) is 10.2 Å². The molecule has 2 rings (SSSR count). The second-order valence-corrected chi connectivity index (χ2v) is 5.00. The van der Waals surface area contributed by atoms with E-state index in [-0.39, 0.29) is 17.3 Å². The van der Waals surface area contributed by atoms with Gasteiger partial charge in [0, 0.05) is 11.5 Å². The van der Waals surface area contributed by atoms with Gasteiger partial charge in [-0.05, 0) is 18.6 Å². The number of aromatic nitrogens is 1. The summed E-state index contributed by atoms with van der Waals surface area (Å²) in [5.74, 6) is 0.448. The summed E-state index contributed by atoms with van der Waals surface area (Å²) >= 11 is 6.08. The predicted molar refractivity (Wildman–Crippen MR) is 74.6 cm³/mol. The van der Waals surface area contributed by atoms with Crippen molar-refractivity contribution in [2.24, 2.45) is 0 Å². The maximum Gasteiger partial charge on any atom is 0.175 e. The molecule has 2 N–H and O–H groups in total. The van der Waals surface area contributed by atoms with Crippen LogP contribution in [0.1, 0.15) is 38.4 Å². The average molecular weight is 283 g/mol. The zero-order valence-electron chi connectivity index (χ0n) is 10.9. The molecule has 0 saturated carbocycles. The minimum absolute atomic E-state index is 0.112. The highest BCUT2D eigenvalue weighted by atomic mass is 35.5. The summed E-state index contributed by atoms with van der Waals surface area (Å²) in [5, 5.41) is 4.06. The van der Waals surface area contributed by atoms with Crippen LogP contribution in [0.2, 0.25) is 5.02 Å². The third-order valence-electron chi connectivity index (χ3n) is 3.13. The zero-order valence-corrected chi connectivity index (χ0v) is 11.7. The fraction of sp³-hybridized carbons (Fsp3) is 0.357. The van der Waals surface area contributed by atoms with Gasteiger partial charge in [-0.3, -0.25) is 0 Å². The molecule has 2 aromatic rings. The van der Waals surface area contributed by atoms with Crippen LogP contribution in [0.15, 0.2) is 22.7 Å². The number of anilines is 1. The summed E-state index contributed by atoms with van der Waals surface area (Å²) in [5.41, 5.74) is 6.56. The van der Waals surface area contributed by atoms with Crippen molar-refractivity contribution in [1.29, 1.82) is 0 Å². The van der Waals surface area contributed by atoms with Gasteiger partial charge >= 0.3 is 0 Å². The Labute approximate surface area is 116 Å². The number of halogens is 2. The smallest absolute Gasteiger partial charge is 0.175 e. The highest BCUT2D eigenvalue weighted by molar-refractivity contribution is 6.33. The molecule has 1 aromatic heterocycles. The average Bonchev–Trinajstić information content (AvgIpc) is 2.72. The Morgan fingerprint density at radius 3 is 2.79 bits per heavy atom. The van der Waals surface area contributed by atoms with Crippen LogP contribution in [-0.4, -0.2) is 5.16 Å². The molecule has 0 radical (unpaired) electrons. The van der Waals surface area contributed by atoms with E-state index in [2.05, 4.69) is 12.1 Å². The van der Waals surface area contributed by atoms with E-state index in [1.54, 1.807) is 12.1 Å². The fourth-order valence-electron chi connectivity index (χ4n) is 2.20. The van der Waals surface area contributed by atoms with E-state index in [0.29, 0.717) is 16.3 Å². The number of hydrogen-bond acceptors (Lipinski definition) is 3. The Hall–Kier alpha value is -1.55. The van der Waals surface area contributed by atoms with Gasteiger partial charge in [-0.15, -0.1) is 0 Å². The van der Waals surface area contributed by atoms with Crippen molar-refractivity contribution >= 4 is 17.4 Å². The van der Waals surface area contributed by atoms with Gasteiger partial charge in [0.15, 0.2) is 5.82 Å². The molecule has 1 heterocycles. The van der Waals surface area contributed by atoms with Gasteiger partial charge in [-0.1, -0.05) is 43.1 Å². The summed E-state index contributed by atoms with van der Waals surface area (Å²) in [7, 11) is 0. The van der Waals surface area contributed by atoms with E-state index < -0.39 is 5.82 Å². The quantitative estimate of drug-likeness (QED) is 0.890. The standard InChI is InChI=1S/C14H16ClFN2O/c1-3-5-8(2)13-12(14(17)18-19-13)11-9(15)6-4-7-10(11)16/h4,6-8H,3,5H2,1-2H3,(H2,17,18). The van der Waals surface area contributed by atoms with Crippen molar-refractivity contribution in [2.75, 3.05) is 5.73 Å². The summed E-state index contributed by atoms with van der Waals surface area (Å²) in [4.78, 5) is 0. The van der Waals surface area contributed by atoms with E-state index in [9.17, 15) is 4.39 Å². The van der Waals surface area contributed by atoms with Gasteiger partial charge in [-0.2, -0.15) is 0 Å². The van der Waals surface area contributed by atoms with Crippen molar-refractivity contribution in [2.45, 2.75) is 32.6 Å². The summed E-state index contributed by atoms with van der Waals surface area (Å²) < 4.78 is 19.3. The Morgan fingerprint density at radius 2 is 2.16 bits per heavy atom. The van der Waals surface area contributed by atoms with Crippen LogP contribution in [0.25, 0.3) is 11.1 Å². The van der Waals surface area contributed by atoms with Crippen LogP contribution >= 0.6 is 11.6 Å². The second-order valence-electron chi connectivity index (χ2n) is 4.59. The summed E-state index contributed by atoms with van der Waals surface area (Å²) in [6.45, 7) is 4.08. The predicted octanol–water partition coefficient (Wildman–Crippen LogP) is 4.62. The second kappa shape index (κ2) is 5.61. The van der Waals surface area contributed by atoms with E-state index >= 15 is 0 Å². The minimum atomic E-state index is -0.424. The number of nitrogens with two attached hydrogens (primary N) is 1. The Morgan fingerprint density at radius 1 is 1.42 bits per heavy atom. The van der Waals surface area contributed by atoms with Crippen molar-refractivity contribution in [3.05, 3.63) is 34.8 Å². The minimum Gasteiger partial charge on any atom is -0.380 e. The van der Waals surface area contributed by atoms with Crippen LogP contribution in [0, 0.1) is 5.82 Å². The molecule has 1 aromatic carbocycles. The Balaban J connectivity index is 2.59. The van der Waals surface area contributed by atoms with Crippen molar-refractivity contribution in [1.82, 2.24) is 5.16 Å². The van der Waals surface area contributed by atoms with E-state index in [0.717, 1.165) is 12.8 Å². The number of nitrogens with zero attached hydrogens (tertiary/aromatic N) is 1. The molecule has 1 unspecified atom stereocenters. The van der Waals surface area contributed by atoms with Crippen LogP contribution in [0.5, 0.6) is 0 Å². The van der Waals surface area contributed by atoms with Gasteiger partial charge in [0.1, 0.15) is 11.6 Å². The Kier molecular flexibility index (Phi) is 4.10. The van der Waals surface area contributed by atoms with Crippen molar-refractivity contribution in [3.63, 3.8) is 0 Å². The third-order valence-corrected chi connectivity index (χ3v) is 3.44. The van der Waals surface area contributed by atoms with Gasteiger partial charge in [-0.25, -0.2) is 4.39 Å². The maximum absolute atomic E-state index is 14.0. The van der Waals surface area contributed by atoms with E-state index in [1.807, 2.05) is 6.92 Å². The molecular formula is C14H16ClFN2O. The largest absolute Gasteiger partial charge is 0.380 e. The Bertz CT molecular complexity index is 563. The molecule has 0 fully saturated rings. The molecule has 0 aliphatic carbocycles. The molecule has 19 heavy (non-hydrogen) atoms. The lowest BCUT2D eigenvalue weighted by molar-refractivity contribution is 0.362. The maximum atomic E-state index is 14.0. The number of benzene rings is 1. The summed E-state index contributed by atoms with van der Waals surface area (Å²) in [6, 6.07) is 4.53. The molecule has 0 saturated heterocycles. The van der Waals surface area contributed by atoms with Crippen LogP contribution in [0.3, 0.4) is 0 Å². The lowest BCUT2D eigenvalue weighted by Crippen LogP contribution is -1.97. The molecule has 0 spiro atoms. The van der Waals surface area contributed by atoms with Gasteiger partial charge in [0.05, 0.1) is 10.6 Å². The van der Waals surface area contributed by atoms with Crippen LogP contribution in [-0.2, 0) is 0 Å². The summed E-state index contributed by atoms with van der Waals surface area (Å²) in [6.07, 6.45) is 1.90. The van der Waals surface area contributed by atoms with Crippen molar-refractivity contribution in [3.8, 4) is 11.1 Å². The molecule has 3 nitrogen and oxygen atoms in total. The van der Waals surface area contributed by atoms with Gasteiger partial charge < -0.3 is 10.3 Å². The van der Waals surface area contributed by atoms with E-state index in [4.69, 9.17) is 21.9 Å². The van der Waals surface area contributed by atoms with Gasteiger partial charge in [0.2, 0.25) is 0 Å². The number of nitrogen functional groups attached to an aromatic ring is 1. The molecule has 5 heteroatoms. The van der Waals surface area contributed by atoms with Crippen LogP contribution < -0.4 is 5.73 Å². The third kappa shape index (κ3) is 2.59. The molecule has 102 valence electrons. The van der Waals surface area contributed by atoms with E-state index in [1.165, 1.54) is 6.07 Å². The molecule has 0 bridgehead atoms. The molecular weight excluding hydrogens is 267 g/mol. The number of hydrogen-bond donors (Lipinski definition) is 1. The SMILES string of the molecule is CCCC(C)c1onc(N)c1-c1c(F)cccc1Cl. The first-order valence-electron chi connectivity index (χ1n) is 6.25. The first kappa shape index (κ1) is 13.9. The first-order valence-corrected chi connectivity index (χ1v) is 6.63. The zero-order chi connectivity index (χ0) is 14.0. The highest BCUT2D eigenvalue weighted by Crippen LogP contribution is 2.40. The topological polar surface area (TPSA) is 52.0 Å². The monoisotopic (exact) mass is 282 g/mol. The first-order chi connectivity index (χ1) is 9.06. The molecule has 0 aliphatic rings. The lowest BCUT2D eigenvalue weighted by Gasteiger charge is -2.10. The molecule has 0 aliphatic heterocycles. The normalized spacial score (nSPS) is 12.6. The molecule has 0 amide bonds. The highest BCUT2D eigenvalue weighted by Gasteiger charge is 2.24. The molecule has 1 atom stereocenters. The number of rotatable bonds is 4. The lowest BCUT2D eigenvalue weighted by atomic mass is 9.95. The fourth-order valence-corrected chi connectivity index (χ4v) is 2.46. The van der Waals surface area contributed by atoms with Gasteiger partial charge in [0.25, 0.3) is 0 Å². The van der Waals surface area contributed by atoms with Crippen molar-refractivity contribution < 1.29 is 8.91 Å².